The van der Waals surface area contributed by atoms with E-state index in [2.05, 4.69) is 24.1 Å². The predicted octanol–water partition coefficient (Wildman–Crippen LogP) is 3.06. The highest BCUT2D eigenvalue weighted by molar-refractivity contribution is 5.19. The summed E-state index contributed by atoms with van der Waals surface area (Å²) in [6.07, 6.45) is 1.72. The third kappa shape index (κ3) is 4.41. The molecule has 0 aromatic carbocycles. The molecule has 4 heteroatoms. The van der Waals surface area contributed by atoms with Crippen molar-refractivity contribution < 1.29 is 9.15 Å². The molecule has 4 nitrogen and oxygen atoms in total. The molecule has 0 saturated carbocycles. The fourth-order valence-electron chi connectivity index (χ4n) is 1.59. The van der Waals surface area contributed by atoms with Crippen LogP contribution in [-0.4, -0.2) is 11.0 Å². The van der Waals surface area contributed by atoms with Crippen molar-refractivity contribution in [2.24, 2.45) is 0 Å². The molecule has 0 fully saturated rings. The van der Waals surface area contributed by atoms with Crippen LogP contribution in [0.4, 0.5) is 0 Å². The molecule has 1 N–H and O–H groups in total. The first-order valence-corrected chi connectivity index (χ1v) is 6.50. The van der Waals surface area contributed by atoms with Crippen molar-refractivity contribution in [3.8, 4) is 5.75 Å². The van der Waals surface area contributed by atoms with Crippen molar-refractivity contribution in [1.82, 2.24) is 10.3 Å². The van der Waals surface area contributed by atoms with E-state index in [9.17, 15) is 0 Å². The van der Waals surface area contributed by atoms with Crippen LogP contribution >= 0.6 is 0 Å². The van der Waals surface area contributed by atoms with Gasteiger partial charge in [-0.15, -0.1) is 0 Å². The number of nitrogens with one attached hydrogen (secondary N) is 1. The normalized spacial score (nSPS) is 10.9. The van der Waals surface area contributed by atoms with E-state index in [-0.39, 0.29) is 0 Å². The maximum atomic E-state index is 5.67. The molecule has 0 radical (unpaired) electrons. The molecule has 2 heterocycles. The van der Waals surface area contributed by atoms with E-state index in [0.717, 1.165) is 29.5 Å². The first-order valence-electron chi connectivity index (χ1n) is 6.50. The topological polar surface area (TPSA) is 47.3 Å². The number of hydrogen-bond donors (Lipinski definition) is 1. The third-order valence-corrected chi connectivity index (χ3v) is 2.67. The van der Waals surface area contributed by atoms with E-state index in [0.29, 0.717) is 12.6 Å². The van der Waals surface area contributed by atoms with Gasteiger partial charge in [0.1, 0.15) is 23.9 Å². The van der Waals surface area contributed by atoms with Gasteiger partial charge in [0.15, 0.2) is 0 Å². The number of furan rings is 1. The Balaban J connectivity index is 1.84. The van der Waals surface area contributed by atoms with Crippen LogP contribution in [0.15, 0.2) is 34.9 Å². The van der Waals surface area contributed by atoms with Crippen molar-refractivity contribution in [2.75, 3.05) is 0 Å². The lowest BCUT2D eigenvalue weighted by Crippen LogP contribution is -2.21. The SMILES string of the molecule is Cc1ccc(OCc2ccc(CNC(C)C)o2)cn1. The number of rotatable bonds is 6. The van der Waals surface area contributed by atoms with Crippen LogP contribution in [0, 0.1) is 6.92 Å². The largest absolute Gasteiger partial charge is 0.484 e. The highest BCUT2D eigenvalue weighted by atomic mass is 16.5. The molecule has 0 saturated heterocycles. The predicted molar refractivity (Wildman–Crippen MR) is 74.0 cm³/mol. The molecule has 2 aromatic heterocycles. The van der Waals surface area contributed by atoms with Gasteiger partial charge in [0, 0.05) is 11.7 Å². The summed E-state index contributed by atoms with van der Waals surface area (Å²) in [5.74, 6) is 2.50. The van der Waals surface area contributed by atoms with Crippen molar-refractivity contribution in [2.45, 2.75) is 40.0 Å². The molecule has 0 bridgehead atoms. The molecule has 0 spiro atoms. The van der Waals surface area contributed by atoms with Crippen molar-refractivity contribution in [3.05, 3.63) is 47.7 Å². The van der Waals surface area contributed by atoms with Gasteiger partial charge in [-0.05, 0) is 31.2 Å². The minimum absolute atomic E-state index is 0.423. The lowest BCUT2D eigenvalue weighted by molar-refractivity contribution is 0.263. The molecule has 0 amide bonds. The molecule has 102 valence electrons. The zero-order valence-electron chi connectivity index (χ0n) is 11.6. The van der Waals surface area contributed by atoms with Crippen molar-refractivity contribution in [3.63, 3.8) is 0 Å². The van der Waals surface area contributed by atoms with E-state index in [4.69, 9.17) is 9.15 Å². The van der Waals surface area contributed by atoms with Gasteiger partial charge in [0.05, 0.1) is 12.7 Å². The smallest absolute Gasteiger partial charge is 0.146 e. The summed E-state index contributed by atoms with van der Waals surface area (Å²) < 4.78 is 11.3. The van der Waals surface area contributed by atoms with Gasteiger partial charge >= 0.3 is 0 Å². The minimum atomic E-state index is 0.423. The number of pyridine rings is 1. The Hall–Kier alpha value is -1.81. The van der Waals surface area contributed by atoms with Crippen LogP contribution in [0.3, 0.4) is 0 Å². The van der Waals surface area contributed by atoms with Gasteiger partial charge in [0.25, 0.3) is 0 Å². The summed E-state index contributed by atoms with van der Waals surface area (Å²) in [4.78, 5) is 4.18. The highest BCUT2D eigenvalue weighted by Crippen LogP contribution is 2.13. The Bertz CT molecular complexity index is 503. The maximum Gasteiger partial charge on any atom is 0.146 e. The fraction of sp³-hybridized carbons (Fsp3) is 0.400. The number of ether oxygens (including phenoxy) is 1. The third-order valence-electron chi connectivity index (χ3n) is 2.67. The summed E-state index contributed by atoms with van der Waals surface area (Å²) in [5.41, 5.74) is 0.979. The standard InChI is InChI=1S/C15H20N2O2/c1-11(2)16-9-14-6-7-15(19-14)10-18-13-5-4-12(3)17-8-13/h4-8,11,16H,9-10H2,1-3H3. The first-order chi connectivity index (χ1) is 9.13. The lowest BCUT2D eigenvalue weighted by Gasteiger charge is -2.05. The van der Waals surface area contributed by atoms with Gasteiger partial charge in [-0.1, -0.05) is 13.8 Å². The summed E-state index contributed by atoms with van der Waals surface area (Å²) in [6, 6.07) is 8.20. The van der Waals surface area contributed by atoms with E-state index in [1.54, 1.807) is 6.20 Å². The van der Waals surface area contributed by atoms with Crippen LogP contribution in [0.25, 0.3) is 0 Å². The minimum Gasteiger partial charge on any atom is -0.484 e. The summed E-state index contributed by atoms with van der Waals surface area (Å²) in [5, 5.41) is 3.31. The van der Waals surface area contributed by atoms with E-state index in [1.165, 1.54) is 0 Å². The Morgan fingerprint density at radius 3 is 2.68 bits per heavy atom. The summed E-state index contributed by atoms with van der Waals surface area (Å²) >= 11 is 0. The Labute approximate surface area is 113 Å². The van der Waals surface area contributed by atoms with Gasteiger partial charge in [-0.25, -0.2) is 0 Å². The molecular weight excluding hydrogens is 240 g/mol. The second-order valence-corrected chi connectivity index (χ2v) is 4.83. The van der Waals surface area contributed by atoms with Crippen LogP contribution in [0.1, 0.15) is 31.1 Å². The average Bonchev–Trinajstić information content (AvgIpc) is 2.84. The molecule has 0 atom stereocenters. The van der Waals surface area contributed by atoms with E-state index >= 15 is 0 Å². The molecule has 2 rings (SSSR count). The molecule has 0 unspecified atom stereocenters. The van der Waals surface area contributed by atoms with Gasteiger partial charge in [-0.3, -0.25) is 4.98 Å². The van der Waals surface area contributed by atoms with Gasteiger partial charge in [-0.2, -0.15) is 0 Å². The molecule has 2 aromatic rings. The summed E-state index contributed by atoms with van der Waals surface area (Å²) in [7, 11) is 0. The number of nitrogens with zero attached hydrogens (tertiary/aromatic N) is 1. The molecule has 19 heavy (non-hydrogen) atoms. The quantitative estimate of drug-likeness (QED) is 0.867. The monoisotopic (exact) mass is 260 g/mol. The van der Waals surface area contributed by atoms with Gasteiger partial charge in [0.2, 0.25) is 0 Å². The van der Waals surface area contributed by atoms with E-state index in [1.807, 2.05) is 31.2 Å². The van der Waals surface area contributed by atoms with Crippen LogP contribution in [0.2, 0.25) is 0 Å². The second kappa shape index (κ2) is 6.38. The number of hydrogen-bond acceptors (Lipinski definition) is 4. The first kappa shape index (κ1) is 13.6. The molecule has 0 aliphatic rings. The zero-order chi connectivity index (χ0) is 13.7. The number of aryl methyl sites for hydroxylation is 1. The molecular formula is C15H20N2O2. The zero-order valence-corrected chi connectivity index (χ0v) is 11.6. The Morgan fingerprint density at radius 1 is 1.21 bits per heavy atom. The average molecular weight is 260 g/mol. The van der Waals surface area contributed by atoms with Gasteiger partial charge < -0.3 is 14.5 Å². The Morgan fingerprint density at radius 2 is 2.00 bits per heavy atom. The molecule has 0 aliphatic carbocycles. The van der Waals surface area contributed by atoms with Crippen LogP contribution in [0.5, 0.6) is 5.75 Å². The van der Waals surface area contributed by atoms with E-state index < -0.39 is 0 Å². The second-order valence-electron chi connectivity index (χ2n) is 4.83. The van der Waals surface area contributed by atoms with Crippen molar-refractivity contribution in [1.29, 1.82) is 0 Å². The number of aromatic nitrogens is 1. The Kier molecular flexibility index (Phi) is 4.58. The van der Waals surface area contributed by atoms with Crippen LogP contribution in [-0.2, 0) is 13.2 Å². The molecule has 0 aliphatic heterocycles. The van der Waals surface area contributed by atoms with Crippen molar-refractivity contribution >= 4 is 0 Å². The summed E-state index contributed by atoms with van der Waals surface area (Å²) in [6.45, 7) is 7.33. The van der Waals surface area contributed by atoms with Crippen LogP contribution < -0.4 is 10.1 Å². The maximum absolute atomic E-state index is 5.67. The fourth-order valence-corrected chi connectivity index (χ4v) is 1.59. The lowest BCUT2D eigenvalue weighted by atomic mass is 10.3. The highest BCUT2D eigenvalue weighted by Gasteiger charge is 2.04.